The van der Waals surface area contributed by atoms with Gasteiger partial charge in [-0.25, -0.2) is 9.78 Å². The van der Waals surface area contributed by atoms with Gasteiger partial charge in [-0.15, -0.1) is 0 Å². The predicted octanol–water partition coefficient (Wildman–Crippen LogP) is 3.28. The summed E-state index contributed by atoms with van der Waals surface area (Å²) in [5, 5.41) is 9.99. The summed E-state index contributed by atoms with van der Waals surface area (Å²) >= 11 is 0. The van der Waals surface area contributed by atoms with E-state index in [0.29, 0.717) is 0 Å². The van der Waals surface area contributed by atoms with E-state index in [9.17, 15) is 4.79 Å². The van der Waals surface area contributed by atoms with Crippen molar-refractivity contribution in [2.75, 3.05) is 7.11 Å². The molecule has 0 fully saturated rings. The van der Waals surface area contributed by atoms with Crippen molar-refractivity contribution in [2.24, 2.45) is 0 Å². The van der Waals surface area contributed by atoms with Gasteiger partial charge in [0.2, 0.25) is 5.88 Å². The Morgan fingerprint density at radius 2 is 2.16 bits per heavy atom. The van der Waals surface area contributed by atoms with Gasteiger partial charge >= 0.3 is 5.97 Å². The molecule has 1 aromatic carbocycles. The zero-order chi connectivity index (χ0) is 13.8. The largest absolute Gasteiger partial charge is 0.480 e. The molecule has 0 unspecified atom stereocenters. The minimum Gasteiger partial charge on any atom is -0.480 e. The van der Waals surface area contributed by atoms with E-state index < -0.39 is 5.97 Å². The van der Waals surface area contributed by atoms with Gasteiger partial charge in [-0.3, -0.25) is 0 Å². The molecule has 2 aromatic rings. The number of hydrogen-bond acceptors (Lipinski definition) is 3. The quantitative estimate of drug-likeness (QED) is 0.895. The first-order valence-electron chi connectivity index (χ1n) is 6.36. The molecule has 2 rings (SSSR count). The molecule has 0 aliphatic carbocycles. The fraction of sp³-hybridized carbons (Fsp3) is 0.333. The normalized spacial score (nSPS) is 10.6. The number of carbonyl (C=O) groups is 1. The van der Waals surface area contributed by atoms with Crippen LogP contribution in [0.2, 0.25) is 0 Å². The molecule has 1 N–H and O–H groups in total. The maximum Gasteiger partial charge on any atom is 0.341 e. The second-order valence-corrected chi connectivity index (χ2v) is 4.48. The Balaban J connectivity index is 2.49. The zero-order valence-corrected chi connectivity index (χ0v) is 11.1. The van der Waals surface area contributed by atoms with Crippen LogP contribution in [0.15, 0.2) is 24.3 Å². The number of aryl methyl sites for hydroxylation is 1. The molecule has 0 aliphatic heterocycles. The number of aromatic carboxylic acids is 1. The SMILES string of the molecule is CCCCc1ccc2nc(OC)c(C(=O)O)cc2c1. The van der Waals surface area contributed by atoms with Crippen LogP contribution in [0.5, 0.6) is 5.88 Å². The van der Waals surface area contributed by atoms with Crippen molar-refractivity contribution in [1.29, 1.82) is 0 Å². The summed E-state index contributed by atoms with van der Waals surface area (Å²) in [5.41, 5.74) is 2.06. The highest BCUT2D eigenvalue weighted by Gasteiger charge is 2.14. The summed E-state index contributed by atoms with van der Waals surface area (Å²) in [7, 11) is 1.43. The standard InChI is InChI=1S/C15H17NO3/c1-3-4-5-10-6-7-13-11(8-10)9-12(15(17)18)14(16-13)19-2/h6-9H,3-5H2,1-2H3,(H,17,18). The second-order valence-electron chi connectivity index (χ2n) is 4.48. The number of carboxylic acids is 1. The van der Waals surface area contributed by atoms with Gasteiger partial charge in [0.25, 0.3) is 0 Å². The van der Waals surface area contributed by atoms with E-state index in [2.05, 4.69) is 11.9 Å². The second kappa shape index (κ2) is 5.69. The first-order chi connectivity index (χ1) is 9.15. The molecule has 0 saturated heterocycles. The summed E-state index contributed by atoms with van der Waals surface area (Å²) in [6.45, 7) is 2.15. The Bertz CT molecular complexity index is 608. The van der Waals surface area contributed by atoms with Crippen LogP contribution in [0.1, 0.15) is 35.7 Å². The van der Waals surface area contributed by atoms with Crippen molar-refractivity contribution in [1.82, 2.24) is 4.98 Å². The molecule has 4 nitrogen and oxygen atoms in total. The molecule has 0 aliphatic rings. The van der Waals surface area contributed by atoms with E-state index in [4.69, 9.17) is 9.84 Å². The molecule has 0 atom stereocenters. The Morgan fingerprint density at radius 1 is 1.37 bits per heavy atom. The highest BCUT2D eigenvalue weighted by Crippen LogP contribution is 2.23. The summed E-state index contributed by atoms with van der Waals surface area (Å²) < 4.78 is 5.02. The number of rotatable bonds is 5. The van der Waals surface area contributed by atoms with E-state index in [1.807, 2.05) is 18.2 Å². The third kappa shape index (κ3) is 2.84. The number of pyridine rings is 1. The van der Waals surface area contributed by atoms with E-state index in [1.165, 1.54) is 12.7 Å². The van der Waals surface area contributed by atoms with Gasteiger partial charge in [-0.2, -0.15) is 0 Å². The fourth-order valence-electron chi connectivity index (χ4n) is 2.05. The molecule has 100 valence electrons. The fourth-order valence-corrected chi connectivity index (χ4v) is 2.05. The number of benzene rings is 1. The summed E-state index contributed by atoms with van der Waals surface area (Å²) in [6, 6.07) is 7.57. The third-order valence-electron chi connectivity index (χ3n) is 3.09. The van der Waals surface area contributed by atoms with Crippen LogP contribution in [-0.2, 0) is 6.42 Å². The van der Waals surface area contributed by atoms with E-state index in [1.54, 1.807) is 6.07 Å². The third-order valence-corrected chi connectivity index (χ3v) is 3.09. The number of hydrogen-bond donors (Lipinski definition) is 1. The lowest BCUT2D eigenvalue weighted by Gasteiger charge is -2.07. The highest BCUT2D eigenvalue weighted by molar-refractivity contribution is 5.95. The molecule has 0 amide bonds. The van der Waals surface area contributed by atoms with Crippen LogP contribution < -0.4 is 4.74 Å². The zero-order valence-electron chi connectivity index (χ0n) is 11.1. The van der Waals surface area contributed by atoms with Crippen LogP contribution in [-0.4, -0.2) is 23.2 Å². The summed E-state index contributed by atoms with van der Waals surface area (Å²) in [5.74, 6) is -0.869. The number of unbranched alkanes of at least 4 members (excludes halogenated alkanes) is 1. The maximum atomic E-state index is 11.2. The van der Waals surface area contributed by atoms with Gasteiger partial charge in [0.15, 0.2) is 0 Å². The van der Waals surface area contributed by atoms with Crippen molar-refractivity contribution in [3.63, 3.8) is 0 Å². The van der Waals surface area contributed by atoms with Crippen molar-refractivity contribution in [3.05, 3.63) is 35.4 Å². The number of ether oxygens (including phenoxy) is 1. The first-order valence-corrected chi connectivity index (χ1v) is 6.36. The molecule has 1 aromatic heterocycles. The summed E-state index contributed by atoms with van der Waals surface area (Å²) in [4.78, 5) is 15.4. The molecule has 19 heavy (non-hydrogen) atoms. The number of fused-ring (bicyclic) bond motifs is 1. The van der Waals surface area contributed by atoms with Gasteiger partial charge in [0.1, 0.15) is 5.56 Å². The van der Waals surface area contributed by atoms with Crippen LogP contribution in [0.4, 0.5) is 0 Å². The van der Waals surface area contributed by atoms with Crippen LogP contribution in [0, 0.1) is 0 Å². The van der Waals surface area contributed by atoms with Crippen molar-refractivity contribution in [3.8, 4) is 5.88 Å². The van der Waals surface area contributed by atoms with Gasteiger partial charge in [0.05, 0.1) is 12.6 Å². The van der Waals surface area contributed by atoms with Crippen LogP contribution in [0.3, 0.4) is 0 Å². The monoisotopic (exact) mass is 259 g/mol. The minimum atomic E-state index is -1.02. The molecule has 0 radical (unpaired) electrons. The molecule has 0 saturated carbocycles. The van der Waals surface area contributed by atoms with Gasteiger partial charge in [-0.1, -0.05) is 19.4 Å². The molecular formula is C15H17NO3. The van der Waals surface area contributed by atoms with Crippen LogP contribution in [0.25, 0.3) is 10.9 Å². The van der Waals surface area contributed by atoms with E-state index in [-0.39, 0.29) is 11.4 Å². The minimum absolute atomic E-state index is 0.0997. The molecule has 4 heteroatoms. The summed E-state index contributed by atoms with van der Waals surface area (Å²) in [6.07, 6.45) is 3.26. The molecule has 0 bridgehead atoms. The average Bonchev–Trinajstić information content (AvgIpc) is 2.43. The van der Waals surface area contributed by atoms with Gasteiger partial charge < -0.3 is 9.84 Å². The van der Waals surface area contributed by atoms with Crippen molar-refractivity contribution < 1.29 is 14.6 Å². The number of methoxy groups -OCH3 is 1. The van der Waals surface area contributed by atoms with Crippen molar-refractivity contribution >= 4 is 16.9 Å². The number of carboxylic acid groups (broad SMARTS) is 1. The Hall–Kier alpha value is -2.10. The lowest BCUT2D eigenvalue weighted by molar-refractivity contribution is 0.0692. The maximum absolute atomic E-state index is 11.2. The lowest BCUT2D eigenvalue weighted by Crippen LogP contribution is -2.02. The smallest absolute Gasteiger partial charge is 0.341 e. The number of aromatic nitrogens is 1. The topological polar surface area (TPSA) is 59.4 Å². The number of nitrogens with zero attached hydrogens (tertiary/aromatic N) is 1. The van der Waals surface area contributed by atoms with Gasteiger partial charge in [0, 0.05) is 5.39 Å². The van der Waals surface area contributed by atoms with Crippen molar-refractivity contribution in [2.45, 2.75) is 26.2 Å². The Morgan fingerprint density at radius 3 is 2.79 bits per heavy atom. The van der Waals surface area contributed by atoms with Gasteiger partial charge in [-0.05, 0) is 36.6 Å². The van der Waals surface area contributed by atoms with E-state index >= 15 is 0 Å². The molecule has 0 spiro atoms. The Labute approximate surface area is 112 Å². The van der Waals surface area contributed by atoms with Crippen LogP contribution >= 0.6 is 0 Å². The first kappa shape index (κ1) is 13.3. The molecule has 1 heterocycles. The van der Waals surface area contributed by atoms with E-state index in [0.717, 1.165) is 30.2 Å². The Kier molecular flexibility index (Phi) is 4.00. The lowest BCUT2D eigenvalue weighted by atomic mass is 10.0. The average molecular weight is 259 g/mol. The predicted molar refractivity (Wildman–Crippen MR) is 73.9 cm³/mol. The highest BCUT2D eigenvalue weighted by atomic mass is 16.5. The molecular weight excluding hydrogens is 242 g/mol.